The Hall–Kier alpha value is -2.34. The van der Waals surface area contributed by atoms with E-state index < -0.39 is 6.04 Å². The molecule has 0 aromatic heterocycles. The molecule has 1 atom stereocenters. The van der Waals surface area contributed by atoms with Crippen molar-refractivity contribution in [1.82, 2.24) is 0 Å². The molecule has 6 nitrogen and oxygen atoms in total. The van der Waals surface area contributed by atoms with E-state index in [1.807, 2.05) is 31.1 Å². The van der Waals surface area contributed by atoms with Gasteiger partial charge in [0, 0.05) is 20.3 Å². The number of aliphatic imine (C=N–C) groups is 1. The van der Waals surface area contributed by atoms with Gasteiger partial charge in [0.25, 0.3) is 0 Å². The molecule has 1 rings (SSSR count). The number of hydrogen-bond donors (Lipinski definition) is 2. The lowest BCUT2D eigenvalue weighted by Crippen LogP contribution is -2.29. The summed E-state index contributed by atoms with van der Waals surface area (Å²) in [5, 5.41) is 0. The van der Waals surface area contributed by atoms with E-state index in [1.165, 1.54) is 6.20 Å². The summed E-state index contributed by atoms with van der Waals surface area (Å²) in [6.45, 7) is 0.142. The summed E-state index contributed by atoms with van der Waals surface area (Å²) in [5.74, 6) is 0.653. The van der Waals surface area contributed by atoms with Gasteiger partial charge in [0.05, 0.1) is 17.4 Å². The molecule has 108 valence electrons. The van der Waals surface area contributed by atoms with Crippen LogP contribution in [0.4, 0.5) is 11.4 Å². The van der Waals surface area contributed by atoms with E-state index in [1.54, 1.807) is 18.4 Å². The zero-order valence-corrected chi connectivity index (χ0v) is 11.7. The number of ether oxygens (including phenoxy) is 1. The number of aldehydes is 1. The van der Waals surface area contributed by atoms with Crippen LogP contribution in [0.15, 0.2) is 35.5 Å². The quantitative estimate of drug-likeness (QED) is 0.568. The van der Waals surface area contributed by atoms with Crippen LogP contribution >= 0.6 is 0 Å². The monoisotopic (exact) mass is 276 g/mol. The maximum atomic E-state index is 10.5. The zero-order valence-electron chi connectivity index (χ0n) is 11.7. The number of nitrogens with two attached hydrogens (primary N) is 2. The van der Waals surface area contributed by atoms with Crippen LogP contribution in [0.25, 0.3) is 0 Å². The van der Waals surface area contributed by atoms with Gasteiger partial charge in [-0.25, -0.2) is 0 Å². The number of nitrogens with zero attached hydrogens (tertiary/aromatic N) is 2. The molecule has 0 radical (unpaired) electrons. The molecule has 6 heteroatoms. The number of allylic oxidation sites excluding steroid dienone is 1. The standard InChI is InChI=1S/C14H20N4O2/c1-18(2)13-8-12(17-7-3-6-15)4-5-14(13)20-10-11(16)9-19/h3-9,11H,10,15-16H2,1-2H3/t11-/m1/s1. The summed E-state index contributed by atoms with van der Waals surface area (Å²) < 4.78 is 5.55. The average molecular weight is 276 g/mol. The van der Waals surface area contributed by atoms with E-state index in [0.29, 0.717) is 12.0 Å². The minimum atomic E-state index is -0.627. The second-order valence-corrected chi connectivity index (χ2v) is 4.32. The lowest BCUT2D eigenvalue weighted by atomic mass is 10.2. The Kier molecular flexibility index (Phi) is 6.25. The first-order chi connectivity index (χ1) is 9.58. The summed E-state index contributed by atoms with van der Waals surface area (Å²) in [5.41, 5.74) is 12.4. The van der Waals surface area contributed by atoms with E-state index in [0.717, 1.165) is 11.4 Å². The highest BCUT2D eigenvalue weighted by Crippen LogP contribution is 2.31. The van der Waals surface area contributed by atoms with Crippen LogP contribution < -0.4 is 21.1 Å². The summed E-state index contributed by atoms with van der Waals surface area (Å²) in [6, 6.07) is 4.86. The molecule has 4 N–H and O–H groups in total. The van der Waals surface area contributed by atoms with Crippen LogP contribution in [0.3, 0.4) is 0 Å². The molecular formula is C14H20N4O2. The van der Waals surface area contributed by atoms with Gasteiger partial charge in [-0.1, -0.05) is 0 Å². The third-order valence-electron chi connectivity index (χ3n) is 2.45. The molecule has 0 saturated carbocycles. The number of carbonyl (C=O) groups is 1. The molecule has 0 spiro atoms. The van der Waals surface area contributed by atoms with Gasteiger partial charge < -0.3 is 25.9 Å². The first-order valence-corrected chi connectivity index (χ1v) is 6.14. The van der Waals surface area contributed by atoms with Crippen LogP contribution in [0.1, 0.15) is 0 Å². The van der Waals surface area contributed by atoms with Crippen molar-refractivity contribution in [2.24, 2.45) is 16.5 Å². The topological polar surface area (TPSA) is 93.9 Å². The number of carbonyl (C=O) groups excluding carboxylic acids is 1. The van der Waals surface area contributed by atoms with Gasteiger partial charge in [0.1, 0.15) is 18.6 Å². The van der Waals surface area contributed by atoms with Crippen molar-refractivity contribution < 1.29 is 9.53 Å². The Morgan fingerprint density at radius 3 is 2.80 bits per heavy atom. The normalized spacial score (nSPS) is 12.8. The van der Waals surface area contributed by atoms with Gasteiger partial charge in [0.2, 0.25) is 0 Å². The highest BCUT2D eigenvalue weighted by atomic mass is 16.5. The summed E-state index contributed by atoms with van der Waals surface area (Å²) >= 11 is 0. The predicted molar refractivity (Wildman–Crippen MR) is 81.8 cm³/mol. The maximum absolute atomic E-state index is 10.5. The fourth-order valence-corrected chi connectivity index (χ4v) is 1.46. The van der Waals surface area contributed by atoms with Crippen molar-refractivity contribution >= 4 is 23.9 Å². The van der Waals surface area contributed by atoms with Crippen LogP contribution in [0.2, 0.25) is 0 Å². The Morgan fingerprint density at radius 2 is 2.20 bits per heavy atom. The molecule has 0 amide bonds. The van der Waals surface area contributed by atoms with E-state index in [2.05, 4.69) is 4.99 Å². The summed E-state index contributed by atoms with van der Waals surface area (Å²) in [7, 11) is 3.80. The average Bonchev–Trinajstić information content (AvgIpc) is 2.45. The highest BCUT2D eigenvalue weighted by Gasteiger charge is 2.09. The zero-order chi connectivity index (χ0) is 15.0. The second kappa shape index (κ2) is 7.96. The molecule has 0 aliphatic carbocycles. The lowest BCUT2D eigenvalue weighted by Gasteiger charge is -2.18. The molecule has 0 saturated heterocycles. The first kappa shape index (κ1) is 15.7. The minimum Gasteiger partial charge on any atom is -0.489 e. The molecule has 0 heterocycles. The van der Waals surface area contributed by atoms with E-state index in [9.17, 15) is 4.79 Å². The van der Waals surface area contributed by atoms with Gasteiger partial charge in [-0.2, -0.15) is 0 Å². The fourth-order valence-electron chi connectivity index (χ4n) is 1.46. The largest absolute Gasteiger partial charge is 0.489 e. The molecular weight excluding hydrogens is 256 g/mol. The Bertz CT molecular complexity index is 498. The molecule has 1 aromatic rings. The number of anilines is 1. The Balaban J connectivity index is 2.92. The number of hydrogen-bond acceptors (Lipinski definition) is 6. The Labute approximate surface area is 118 Å². The summed E-state index contributed by atoms with van der Waals surface area (Å²) in [6.07, 6.45) is 5.32. The van der Waals surface area contributed by atoms with Crippen molar-refractivity contribution in [2.75, 3.05) is 25.6 Å². The van der Waals surface area contributed by atoms with Crippen molar-refractivity contribution in [3.05, 3.63) is 30.5 Å². The predicted octanol–water partition coefficient (Wildman–Crippen LogP) is 0.832. The molecule has 0 aliphatic rings. The van der Waals surface area contributed by atoms with Crippen LogP contribution in [0, 0.1) is 0 Å². The van der Waals surface area contributed by atoms with Crippen LogP contribution in [-0.2, 0) is 4.79 Å². The number of rotatable bonds is 7. The molecule has 1 aromatic carbocycles. The molecule has 0 fully saturated rings. The third kappa shape index (κ3) is 4.74. The van der Waals surface area contributed by atoms with Crippen molar-refractivity contribution in [3.8, 4) is 5.75 Å². The van der Waals surface area contributed by atoms with Crippen LogP contribution in [0.5, 0.6) is 5.75 Å². The SMILES string of the molecule is CN(C)c1cc(N=CC=CN)ccc1OC[C@H](N)C=O. The summed E-state index contributed by atoms with van der Waals surface area (Å²) in [4.78, 5) is 16.6. The molecule has 0 bridgehead atoms. The van der Waals surface area contributed by atoms with E-state index in [4.69, 9.17) is 16.2 Å². The van der Waals surface area contributed by atoms with E-state index in [-0.39, 0.29) is 6.61 Å². The van der Waals surface area contributed by atoms with Gasteiger partial charge in [0.15, 0.2) is 0 Å². The van der Waals surface area contributed by atoms with Gasteiger partial charge >= 0.3 is 0 Å². The maximum Gasteiger partial charge on any atom is 0.142 e. The molecule has 0 unspecified atom stereocenters. The molecule has 20 heavy (non-hydrogen) atoms. The second-order valence-electron chi connectivity index (χ2n) is 4.32. The van der Waals surface area contributed by atoms with Gasteiger partial charge in [-0.15, -0.1) is 0 Å². The van der Waals surface area contributed by atoms with Crippen molar-refractivity contribution in [1.29, 1.82) is 0 Å². The smallest absolute Gasteiger partial charge is 0.142 e. The van der Waals surface area contributed by atoms with E-state index >= 15 is 0 Å². The Morgan fingerprint density at radius 1 is 1.45 bits per heavy atom. The van der Waals surface area contributed by atoms with Crippen molar-refractivity contribution in [3.63, 3.8) is 0 Å². The minimum absolute atomic E-state index is 0.142. The fraction of sp³-hybridized carbons (Fsp3) is 0.286. The first-order valence-electron chi connectivity index (χ1n) is 6.14. The lowest BCUT2D eigenvalue weighted by molar-refractivity contribution is -0.109. The molecule has 0 aliphatic heterocycles. The third-order valence-corrected chi connectivity index (χ3v) is 2.45. The highest BCUT2D eigenvalue weighted by molar-refractivity contribution is 5.75. The van der Waals surface area contributed by atoms with Gasteiger partial charge in [-0.05, 0) is 30.5 Å². The van der Waals surface area contributed by atoms with Gasteiger partial charge in [-0.3, -0.25) is 4.99 Å². The van der Waals surface area contributed by atoms with Crippen molar-refractivity contribution in [2.45, 2.75) is 6.04 Å². The van der Waals surface area contributed by atoms with Crippen LogP contribution in [-0.4, -0.2) is 39.2 Å². The number of benzene rings is 1.